The zero-order valence-corrected chi connectivity index (χ0v) is 15.8. The largest absolute Gasteiger partial charge is 0.497 e. The molecule has 146 valence electrons. The van der Waals surface area contributed by atoms with Gasteiger partial charge in [0, 0.05) is 28.2 Å². The Morgan fingerprint density at radius 1 is 1.03 bits per heavy atom. The fraction of sp³-hybridized carbons (Fsp3) is 0.143. The molecule has 3 aromatic rings. The van der Waals surface area contributed by atoms with E-state index >= 15 is 0 Å². The van der Waals surface area contributed by atoms with Crippen LogP contribution in [0.1, 0.15) is 16.1 Å². The lowest BCUT2D eigenvalue weighted by molar-refractivity contribution is -0.139. The van der Waals surface area contributed by atoms with Crippen molar-refractivity contribution in [2.45, 2.75) is 6.92 Å². The van der Waals surface area contributed by atoms with Crippen LogP contribution in [0.5, 0.6) is 5.75 Å². The van der Waals surface area contributed by atoms with Crippen LogP contribution in [0.25, 0.3) is 10.9 Å². The average Bonchev–Trinajstić information content (AvgIpc) is 3.16. The summed E-state index contributed by atoms with van der Waals surface area (Å²) in [5.41, 5.74) is 2.01. The van der Waals surface area contributed by atoms with Crippen LogP contribution in [0.3, 0.4) is 0 Å². The molecule has 1 saturated heterocycles. The molecule has 2 aromatic carbocycles. The molecule has 0 radical (unpaired) electrons. The summed E-state index contributed by atoms with van der Waals surface area (Å²) < 4.78 is 5.10. The minimum atomic E-state index is -1.04. The van der Waals surface area contributed by atoms with Crippen LogP contribution in [0.4, 0.5) is 10.5 Å². The molecule has 1 aliphatic heterocycles. The summed E-state index contributed by atoms with van der Waals surface area (Å²) >= 11 is 0. The molecule has 0 atom stereocenters. The van der Waals surface area contributed by atoms with Crippen molar-refractivity contribution in [2.24, 2.45) is 0 Å². The number of para-hydroxylation sites is 1. The molecule has 1 fully saturated rings. The lowest BCUT2D eigenvalue weighted by atomic mass is 10.1. The highest BCUT2D eigenvalue weighted by molar-refractivity contribution is 6.53. The summed E-state index contributed by atoms with van der Waals surface area (Å²) in [6.07, 6.45) is 0. The molecule has 4 rings (SSSR count). The SMILES string of the molecule is COc1cccc(N2C(=O)C(=O)N(CC(=O)c3c(C)[nH]c4ccccc34)C2=O)c1. The number of carbonyl (C=O) groups excluding carboxylic acids is 4. The number of rotatable bonds is 5. The standard InChI is InChI=1S/C21H17N3O5/c1-12-18(15-8-3-4-9-16(15)22-12)17(25)11-23-19(26)20(27)24(21(23)28)13-6-5-7-14(10-13)29-2/h3-10,22H,11H2,1-2H3. The first-order valence-electron chi connectivity index (χ1n) is 8.87. The van der Waals surface area contributed by atoms with E-state index in [4.69, 9.17) is 4.74 Å². The van der Waals surface area contributed by atoms with Gasteiger partial charge in [0.05, 0.1) is 19.3 Å². The summed E-state index contributed by atoms with van der Waals surface area (Å²) in [7, 11) is 1.45. The van der Waals surface area contributed by atoms with Gasteiger partial charge >= 0.3 is 17.8 Å². The number of ketones is 1. The van der Waals surface area contributed by atoms with Crippen molar-refractivity contribution < 1.29 is 23.9 Å². The molecule has 1 aromatic heterocycles. The number of nitrogens with one attached hydrogen (secondary N) is 1. The topological polar surface area (TPSA) is 99.8 Å². The van der Waals surface area contributed by atoms with E-state index in [1.165, 1.54) is 19.2 Å². The average molecular weight is 391 g/mol. The van der Waals surface area contributed by atoms with Crippen molar-refractivity contribution in [3.63, 3.8) is 0 Å². The summed E-state index contributed by atoms with van der Waals surface area (Å²) in [5, 5.41) is 0.699. The van der Waals surface area contributed by atoms with Crippen LogP contribution in [0.15, 0.2) is 48.5 Å². The molecule has 0 spiro atoms. The Balaban J connectivity index is 1.64. The summed E-state index contributed by atoms with van der Waals surface area (Å²) in [5.74, 6) is -2.04. The Kier molecular flexibility index (Phi) is 4.38. The van der Waals surface area contributed by atoms with Gasteiger partial charge in [-0.25, -0.2) is 14.6 Å². The van der Waals surface area contributed by atoms with Crippen molar-refractivity contribution in [3.8, 4) is 5.75 Å². The van der Waals surface area contributed by atoms with Gasteiger partial charge in [0.1, 0.15) is 5.75 Å². The van der Waals surface area contributed by atoms with Gasteiger partial charge in [-0.2, -0.15) is 0 Å². The van der Waals surface area contributed by atoms with Crippen LogP contribution >= 0.6 is 0 Å². The molecule has 0 unspecified atom stereocenters. The van der Waals surface area contributed by atoms with Crippen LogP contribution in [-0.2, 0) is 9.59 Å². The molecule has 8 heteroatoms. The second-order valence-corrected chi connectivity index (χ2v) is 6.61. The number of urea groups is 1. The predicted octanol–water partition coefficient (Wildman–Crippen LogP) is 2.66. The molecular formula is C21H17N3O5. The number of Topliss-reactive ketones (excluding diaryl/α,β-unsaturated/α-hetero) is 1. The number of hydrogen-bond acceptors (Lipinski definition) is 5. The van der Waals surface area contributed by atoms with Crippen molar-refractivity contribution >= 4 is 40.2 Å². The number of nitrogens with zero attached hydrogens (tertiary/aromatic N) is 2. The van der Waals surface area contributed by atoms with Crippen molar-refractivity contribution in [1.82, 2.24) is 9.88 Å². The van der Waals surface area contributed by atoms with E-state index in [1.807, 2.05) is 12.1 Å². The number of aryl methyl sites for hydroxylation is 1. The van der Waals surface area contributed by atoms with E-state index in [0.717, 1.165) is 10.4 Å². The fourth-order valence-electron chi connectivity index (χ4n) is 3.48. The van der Waals surface area contributed by atoms with Gasteiger partial charge in [0.25, 0.3) is 0 Å². The van der Waals surface area contributed by atoms with Gasteiger partial charge in [0.15, 0.2) is 5.78 Å². The Morgan fingerprint density at radius 3 is 2.55 bits per heavy atom. The maximum absolute atomic E-state index is 12.9. The highest BCUT2D eigenvalue weighted by atomic mass is 16.5. The first-order valence-corrected chi connectivity index (χ1v) is 8.87. The Hall–Kier alpha value is -3.94. The van der Waals surface area contributed by atoms with Crippen molar-refractivity contribution in [1.29, 1.82) is 0 Å². The lowest BCUT2D eigenvalue weighted by Crippen LogP contribution is -2.37. The van der Waals surface area contributed by atoms with Gasteiger partial charge < -0.3 is 9.72 Å². The summed E-state index contributed by atoms with van der Waals surface area (Å²) in [4.78, 5) is 55.1. The highest BCUT2D eigenvalue weighted by Gasteiger charge is 2.46. The zero-order valence-electron chi connectivity index (χ0n) is 15.8. The first kappa shape index (κ1) is 18.4. The van der Waals surface area contributed by atoms with Crippen LogP contribution in [-0.4, -0.2) is 47.2 Å². The number of imide groups is 2. The number of aromatic amines is 1. The van der Waals surface area contributed by atoms with E-state index < -0.39 is 30.2 Å². The third-order valence-corrected chi connectivity index (χ3v) is 4.84. The van der Waals surface area contributed by atoms with Crippen LogP contribution < -0.4 is 9.64 Å². The number of hydrogen-bond donors (Lipinski definition) is 1. The molecule has 1 aliphatic rings. The van der Waals surface area contributed by atoms with Crippen LogP contribution in [0, 0.1) is 6.92 Å². The molecule has 4 amide bonds. The Labute approximate surface area is 165 Å². The normalized spacial score (nSPS) is 14.2. The molecular weight excluding hydrogens is 374 g/mol. The molecule has 0 aliphatic carbocycles. The lowest BCUT2D eigenvalue weighted by Gasteiger charge is -2.15. The number of benzene rings is 2. The number of methoxy groups -OCH3 is 1. The number of carbonyl (C=O) groups is 4. The predicted molar refractivity (Wildman–Crippen MR) is 105 cm³/mol. The third-order valence-electron chi connectivity index (χ3n) is 4.84. The van der Waals surface area contributed by atoms with E-state index in [9.17, 15) is 19.2 Å². The van der Waals surface area contributed by atoms with Gasteiger partial charge in [0.2, 0.25) is 0 Å². The maximum atomic E-state index is 12.9. The molecule has 1 N–H and O–H groups in total. The highest BCUT2D eigenvalue weighted by Crippen LogP contribution is 2.27. The monoisotopic (exact) mass is 391 g/mol. The van der Waals surface area contributed by atoms with Crippen molar-refractivity contribution in [3.05, 3.63) is 59.8 Å². The molecule has 8 nitrogen and oxygen atoms in total. The number of anilines is 1. The smallest absolute Gasteiger partial charge is 0.339 e. The van der Waals surface area contributed by atoms with E-state index in [1.54, 1.807) is 31.2 Å². The summed E-state index contributed by atoms with van der Waals surface area (Å²) in [6.45, 7) is 1.22. The van der Waals surface area contributed by atoms with Gasteiger partial charge in [-0.05, 0) is 25.1 Å². The number of aromatic nitrogens is 1. The quantitative estimate of drug-likeness (QED) is 0.409. The Morgan fingerprint density at radius 2 is 1.79 bits per heavy atom. The minimum Gasteiger partial charge on any atom is -0.497 e. The molecule has 29 heavy (non-hydrogen) atoms. The fourth-order valence-corrected chi connectivity index (χ4v) is 3.48. The summed E-state index contributed by atoms with van der Waals surface area (Å²) in [6, 6.07) is 12.6. The minimum absolute atomic E-state index is 0.200. The maximum Gasteiger partial charge on any atom is 0.339 e. The van der Waals surface area contributed by atoms with Crippen LogP contribution in [0.2, 0.25) is 0 Å². The Bertz CT molecular complexity index is 1180. The number of fused-ring (bicyclic) bond motifs is 1. The molecule has 2 heterocycles. The second-order valence-electron chi connectivity index (χ2n) is 6.61. The van der Waals surface area contributed by atoms with Gasteiger partial charge in [-0.3, -0.25) is 14.4 Å². The second kappa shape index (κ2) is 6.90. The first-order chi connectivity index (χ1) is 13.9. The van der Waals surface area contributed by atoms with E-state index in [0.29, 0.717) is 27.3 Å². The molecule has 0 bridgehead atoms. The molecule has 0 saturated carbocycles. The van der Waals surface area contributed by atoms with Gasteiger partial charge in [-0.15, -0.1) is 0 Å². The number of ether oxygens (including phenoxy) is 1. The van der Waals surface area contributed by atoms with E-state index in [2.05, 4.69) is 4.98 Å². The zero-order chi connectivity index (χ0) is 20.7. The number of amides is 4. The third kappa shape index (κ3) is 2.94. The number of H-pyrrole nitrogens is 1. The van der Waals surface area contributed by atoms with Crippen molar-refractivity contribution in [2.75, 3.05) is 18.6 Å². The van der Waals surface area contributed by atoms with E-state index in [-0.39, 0.29) is 5.69 Å². The van der Waals surface area contributed by atoms with Gasteiger partial charge in [-0.1, -0.05) is 24.3 Å².